The molecule has 0 radical (unpaired) electrons. The van der Waals surface area contributed by atoms with Gasteiger partial charge in [0.15, 0.2) is 8.32 Å². The third-order valence-electron chi connectivity index (χ3n) is 5.32. The second-order valence-electron chi connectivity index (χ2n) is 8.61. The van der Waals surface area contributed by atoms with Crippen LogP contribution in [0.1, 0.15) is 45.6 Å². The van der Waals surface area contributed by atoms with Crippen LogP contribution in [0.15, 0.2) is 29.2 Å². The van der Waals surface area contributed by atoms with Gasteiger partial charge in [0.2, 0.25) is 10.0 Å². The van der Waals surface area contributed by atoms with Gasteiger partial charge < -0.3 is 4.43 Å². The van der Waals surface area contributed by atoms with Crippen LogP contribution in [-0.4, -0.2) is 29.9 Å². The smallest absolute Gasteiger partial charge is 0.240 e. The van der Waals surface area contributed by atoms with Gasteiger partial charge >= 0.3 is 0 Å². The van der Waals surface area contributed by atoms with Crippen LogP contribution < -0.4 is 4.72 Å². The molecule has 0 amide bonds. The van der Waals surface area contributed by atoms with Gasteiger partial charge in [-0.15, -0.1) is 12.3 Å². The summed E-state index contributed by atoms with van der Waals surface area (Å²) in [6.45, 7) is 14.1. The van der Waals surface area contributed by atoms with Crippen molar-refractivity contribution in [2.24, 2.45) is 5.92 Å². The van der Waals surface area contributed by atoms with Crippen LogP contribution in [0.25, 0.3) is 0 Å². The second-order valence-corrected chi connectivity index (χ2v) is 15.2. The van der Waals surface area contributed by atoms with E-state index in [4.69, 9.17) is 10.8 Å². The third-order valence-corrected chi connectivity index (χ3v) is 11.3. The fourth-order valence-corrected chi connectivity index (χ4v) is 4.47. The van der Waals surface area contributed by atoms with Crippen LogP contribution in [0.4, 0.5) is 0 Å². The highest BCUT2D eigenvalue weighted by molar-refractivity contribution is 7.89. The largest absolute Gasteiger partial charge is 0.417 e. The number of benzene rings is 1. The maximum absolute atomic E-state index is 12.3. The summed E-state index contributed by atoms with van der Waals surface area (Å²) in [5, 5.41) is 0.187. The molecule has 0 heterocycles. The van der Waals surface area contributed by atoms with Crippen molar-refractivity contribution in [3.05, 3.63) is 29.8 Å². The molecule has 0 aliphatic carbocycles. The Kier molecular flexibility index (Phi) is 8.75. The molecule has 0 aliphatic heterocycles. The zero-order valence-electron chi connectivity index (χ0n) is 17.6. The number of terminal acetylenes is 1. The van der Waals surface area contributed by atoms with Gasteiger partial charge in [-0.05, 0) is 56.5 Å². The maximum atomic E-state index is 12.3. The molecular formula is C21H35NO3SSi. The zero-order valence-corrected chi connectivity index (χ0v) is 19.4. The number of aryl methyl sites for hydroxylation is 1. The van der Waals surface area contributed by atoms with Crippen molar-refractivity contribution >= 4 is 18.3 Å². The Balaban J connectivity index is 2.39. The molecule has 6 heteroatoms. The summed E-state index contributed by atoms with van der Waals surface area (Å²) in [6, 6.07) is 6.84. The van der Waals surface area contributed by atoms with Crippen LogP contribution in [0.5, 0.6) is 0 Å². The standard InChI is InChI=1S/C21H35NO3SSi/c1-8-19(15-17-25-27(6,7)21(3,4)5)10-9-16-22-26(23,24)20-13-11-18(2)12-14-20/h1,11-14,19,22H,9-10,15-17H2,2-7H3. The second kappa shape index (κ2) is 9.88. The molecule has 1 unspecified atom stereocenters. The predicted octanol–water partition coefficient (Wildman–Crippen LogP) is 4.71. The lowest BCUT2D eigenvalue weighted by Crippen LogP contribution is -2.41. The Hall–Kier alpha value is -1.13. The molecule has 0 bridgehead atoms. The normalized spacial score (nSPS) is 14.0. The first-order valence-corrected chi connectivity index (χ1v) is 13.9. The minimum Gasteiger partial charge on any atom is -0.417 e. The average Bonchev–Trinajstić information content (AvgIpc) is 2.56. The number of hydrogen-bond donors (Lipinski definition) is 1. The van der Waals surface area contributed by atoms with Crippen LogP contribution in [-0.2, 0) is 14.4 Å². The van der Waals surface area contributed by atoms with Crippen molar-refractivity contribution in [3.8, 4) is 12.3 Å². The molecule has 0 fully saturated rings. The number of sulfonamides is 1. The lowest BCUT2D eigenvalue weighted by atomic mass is 10.0. The fraction of sp³-hybridized carbons (Fsp3) is 0.619. The molecule has 1 N–H and O–H groups in total. The maximum Gasteiger partial charge on any atom is 0.240 e. The molecule has 27 heavy (non-hydrogen) atoms. The molecule has 0 spiro atoms. The van der Waals surface area contributed by atoms with E-state index in [0.717, 1.165) is 18.4 Å². The summed E-state index contributed by atoms with van der Waals surface area (Å²) in [7, 11) is -5.20. The highest BCUT2D eigenvalue weighted by Gasteiger charge is 2.36. The predicted molar refractivity (Wildman–Crippen MR) is 116 cm³/mol. The Morgan fingerprint density at radius 3 is 2.30 bits per heavy atom. The first kappa shape index (κ1) is 23.9. The number of hydrogen-bond acceptors (Lipinski definition) is 3. The molecule has 0 aliphatic rings. The summed E-state index contributed by atoms with van der Waals surface area (Å²) in [5.74, 6) is 2.93. The van der Waals surface area contributed by atoms with Crippen molar-refractivity contribution in [2.45, 2.75) is 70.0 Å². The van der Waals surface area contributed by atoms with Crippen molar-refractivity contribution in [3.63, 3.8) is 0 Å². The van der Waals surface area contributed by atoms with E-state index in [-0.39, 0.29) is 11.0 Å². The number of nitrogens with one attached hydrogen (secondary N) is 1. The lowest BCUT2D eigenvalue weighted by molar-refractivity contribution is 0.265. The van der Waals surface area contributed by atoms with Crippen molar-refractivity contribution in [1.29, 1.82) is 0 Å². The molecule has 1 atom stereocenters. The van der Waals surface area contributed by atoms with Crippen molar-refractivity contribution in [1.82, 2.24) is 4.72 Å². The Morgan fingerprint density at radius 1 is 1.19 bits per heavy atom. The van der Waals surface area contributed by atoms with E-state index in [1.54, 1.807) is 24.3 Å². The van der Waals surface area contributed by atoms with E-state index in [2.05, 4.69) is 44.5 Å². The molecule has 0 saturated carbocycles. The van der Waals surface area contributed by atoms with Gasteiger partial charge in [-0.3, -0.25) is 0 Å². The highest BCUT2D eigenvalue weighted by atomic mass is 32.2. The topological polar surface area (TPSA) is 55.4 Å². The van der Waals surface area contributed by atoms with E-state index < -0.39 is 18.3 Å². The van der Waals surface area contributed by atoms with Crippen LogP contribution >= 0.6 is 0 Å². The highest BCUT2D eigenvalue weighted by Crippen LogP contribution is 2.36. The molecule has 1 aromatic rings. The van der Waals surface area contributed by atoms with Crippen LogP contribution in [0.2, 0.25) is 18.1 Å². The molecule has 0 saturated heterocycles. The van der Waals surface area contributed by atoms with E-state index in [0.29, 0.717) is 24.5 Å². The Labute approximate surface area is 167 Å². The van der Waals surface area contributed by atoms with Gasteiger partial charge in [0.25, 0.3) is 0 Å². The molecule has 1 rings (SSSR count). The summed E-state index contributed by atoms with van der Waals surface area (Å²) >= 11 is 0. The summed E-state index contributed by atoms with van der Waals surface area (Å²) in [4.78, 5) is 0.296. The van der Waals surface area contributed by atoms with Gasteiger partial charge in [0, 0.05) is 19.1 Å². The zero-order chi connectivity index (χ0) is 20.7. The average molecular weight is 410 g/mol. The summed E-state index contributed by atoms with van der Waals surface area (Å²) < 4.78 is 33.4. The van der Waals surface area contributed by atoms with E-state index in [9.17, 15) is 8.42 Å². The van der Waals surface area contributed by atoms with Crippen LogP contribution in [0, 0.1) is 25.2 Å². The van der Waals surface area contributed by atoms with Gasteiger partial charge in [-0.2, -0.15) is 0 Å². The fourth-order valence-electron chi connectivity index (χ4n) is 2.34. The van der Waals surface area contributed by atoms with E-state index in [1.165, 1.54) is 0 Å². The monoisotopic (exact) mass is 409 g/mol. The minimum absolute atomic E-state index is 0.110. The quantitative estimate of drug-likeness (QED) is 0.346. The summed E-state index contributed by atoms with van der Waals surface area (Å²) in [5.41, 5.74) is 1.03. The van der Waals surface area contributed by atoms with Crippen LogP contribution in [0.3, 0.4) is 0 Å². The summed E-state index contributed by atoms with van der Waals surface area (Å²) in [6.07, 6.45) is 7.96. The molecular weight excluding hydrogens is 374 g/mol. The first-order chi connectivity index (χ1) is 12.4. The molecule has 152 valence electrons. The van der Waals surface area contributed by atoms with E-state index in [1.807, 2.05) is 6.92 Å². The Bertz CT molecular complexity index is 728. The van der Waals surface area contributed by atoms with Crippen molar-refractivity contribution < 1.29 is 12.8 Å². The Morgan fingerprint density at radius 2 is 1.78 bits per heavy atom. The lowest BCUT2D eigenvalue weighted by Gasteiger charge is -2.36. The van der Waals surface area contributed by atoms with Gasteiger partial charge in [0.1, 0.15) is 0 Å². The van der Waals surface area contributed by atoms with Gasteiger partial charge in [0.05, 0.1) is 4.90 Å². The minimum atomic E-state index is -3.46. The first-order valence-electron chi connectivity index (χ1n) is 9.55. The SMILES string of the molecule is C#CC(CCCNS(=O)(=O)c1ccc(C)cc1)CCO[Si](C)(C)C(C)(C)C. The third kappa shape index (κ3) is 7.79. The molecule has 1 aromatic carbocycles. The van der Waals surface area contributed by atoms with Gasteiger partial charge in [-0.1, -0.05) is 38.5 Å². The van der Waals surface area contributed by atoms with E-state index >= 15 is 0 Å². The number of rotatable bonds is 10. The molecule has 4 nitrogen and oxygen atoms in total. The van der Waals surface area contributed by atoms with Crippen molar-refractivity contribution in [2.75, 3.05) is 13.2 Å². The molecule has 0 aromatic heterocycles. The van der Waals surface area contributed by atoms with Gasteiger partial charge in [-0.25, -0.2) is 13.1 Å².